The molecule has 2 nitrogen and oxygen atoms in total. The van der Waals surface area contributed by atoms with Gasteiger partial charge in [-0.25, -0.2) is 4.79 Å². The fourth-order valence-electron chi connectivity index (χ4n) is 0.933. The molecular weight excluding hydrogens is 196 g/mol. The van der Waals surface area contributed by atoms with Crippen LogP contribution in [0.1, 0.15) is 28.6 Å². The van der Waals surface area contributed by atoms with Gasteiger partial charge in [0.25, 0.3) is 0 Å². The summed E-state index contributed by atoms with van der Waals surface area (Å²) in [5, 5.41) is 8.67. The highest BCUT2D eigenvalue weighted by Gasteiger charge is 2.12. The molecule has 1 rings (SSSR count). The van der Waals surface area contributed by atoms with Crippen molar-refractivity contribution in [1.29, 1.82) is 0 Å². The summed E-state index contributed by atoms with van der Waals surface area (Å²) in [6.45, 7) is 2.05. The van der Waals surface area contributed by atoms with E-state index in [0.717, 1.165) is 17.7 Å². The van der Waals surface area contributed by atoms with Crippen molar-refractivity contribution in [1.82, 2.24) is 0 Å². The zero-order chi connectivity index (χ0) is 9.14. The number of hydrogen-bond donors (Lipinski definition) is 1. The van der Waals surface area contributed by atoms with Crippen molar-refractivity contribution in [3.8, 4) is 0 Å². The van der Waals surface area contributed by atoms with Gasteiger partial charge in [-0.1, -0.05) is 24.9 Å². The third-order valence-corrected chi connectivity index (χ3v) is 2.88. The lowest BCUT2D eigenvalue weighted by molar-refractivity contribution is 0.0697. The predicted octanol–water partition coefficient (Wildman–Crippen LogP) is 3.05. The average molecular weight is 205 g/mol. The van der Waals surface area contributed by atoms with E-state index >= 15 is 0 Å². The summed E-state index contributed by atoms with van der Waals surface area (Å²) in [6.07, 6.45) is 1.91. The van der Waals surface area contributed by atoms with Crippen LogP contribution in [0.3, 0.4) is 0 Å². The lowest BCUT2D eigenvalue weighted by Gasteiger charge is -1.87. The molecule has 0 aliphatic heterocycles. The summed E-state index contributed by atoms with van der Waals surface area (Å²) in [5.41, 5.74) is 0.227. The molecule has 0 aromatic carbocycles. The molecule has 0 aliphatic rings. The molecule has 0 unspecified atom stereocenters. The largest absolute Gasteiger partial charge is 0.478 e. The van der Waals surface area contributed by atoms with Crippen molar-refractivity contribution < 1.29 is 9.90 Å². The molecular formula is C8H9ClO2S. The van der Waals surface area contributed by atoms with Gasteiger partial charge >= 0.3 is 5.97 Å². The van der Waals surface area contributed by atoms with Crippen molar-refractivity contribution in [2.24, 2.45) is 0 Å². The molecule has 66 valence electrons. The molecule has 4 heteroatoms. The van der Waals surface area contributed by atoms with Crippen LogP contribution in [0.2, 0.25) is 4.34 Å². The first-order valence-corrected chi connectivity index (χ1v) is 4.86. The summed E-state index contributed by atoms with van der Waals surface area (Å²) in [5.74, 6) is -0.946. The smallest absolute Gasteiger partial charge is 0.338 e. The fourth-order valence-corrected chi connectivity index (χ4v) is 2.33. The number of halogens is 1. The van der Waals surface area contributed by atoms with Crippen LogP contribution in [0.15, 0.2) is 6.07 Å². The Morgan fingerprint density at radius 2 is 2.42 bits per heavy atom. The number of aromatic carboxylic acids is 1. The van der Waals surface area contributed by atoms with Gasteiger partial charge in [0.1, 0.15) is 4.34 Å². The Hall–Kier alpha value is -0.540. The predicted molar refractivity (Wildman–Crippen MR) is 50.3 cm³/mol. The van der Waals surface area contributed by atoms with Crippen LogP contribution in [0.5, 0.6) is 0 Å². The number of thiophene rings is 1. The van der Waals surface area contributed by atoms with Crippen LogP contribution in [0.25, 0.3) is 0 Å². The molecule has 0 saturated heterocycles. The summed E-state index contributed by atoms with van der Waals surface area (Å²) < 4.78 is 0.381. The number of carboxylic acids is 1. The van der Waals surface area contributed by atoms with Gasteiger partial charge in [-0.3, -0.25) is 0 Å². The first kappa shape index (κ1) is 9.55. The molecule has 0 radical (unpaired) electrons. The van der Waals surface area contributed by atoms with Crippen LogP contribution in [-0.2, 0) is 6.42 Å². The molecule has 1 aromatic rings. The highest BCUT2D eigenvalue weighted by atomic mass is 35.5. The second kappa shape index (κ2) is 3.92. The van der Waals surface area contributed by atoms with Crippen molar-refractivity contribution in [2.45, 2.75) is 19.8 Å². The maximum atomic E-state index is 10.6. The van der Waals surface area contributed by atoms with E-state index in [1.54, 1.807) is 6.07 Å². The Bertz CT molecular complexity index is 293. The highest BCUT2D eigenvalue weighted by Crippen LogP contribution is 2.28. The van der Waals surface area contributed by atoms with Crippen molar-refractivity contribution in [3.05, 3.63) is 20.8 Å². The molecule has 1 N–H and O–H groups in total. The molecule has 12 heavy (non-hydrogen) atoms. The average Bonchev–Trinajstić information content (AvgIpc) is 2.32. The van der Waals surface area contributed by atoms with Gasteiger partial charge in [-0.05, 0) is 12.5 Å². The lowest BCUT2D eigenvalue weighted by atomic mass is 10.2. The van der Waals surface area contributed by atoms with E-state index < -0.39 is 5.97 Å². The van der Waals surface area contributed by atoms with E-state index in [1.165, 1.54) is 11.3 Å². The Balaban J connectivity index is 2.92. The first-order chi connectivity index (χ1) is 5.65. The number of rotatable bonds is 3. The van der Waals surface area contributed by atoms with E-state index in [0.29, 0.717) is 4.34 Å². The summed E-state index contributed by atoms with van der Waals surface area (Å²) in [4.78, 5) is 11.6. The minimum atomic E-state index is -0.946. The van der Waals surface area contributed by atoms with E-state index in [2.05, 4.69) is 0 Å². The van der Waals surface area contributed by atoms with Crippen LogP contribution in [-0.4, -0.2) is 11.1 Å². The van der Waals surface area contributed by atoms with E-state index in [4.69, 9.17) is 16.7 Å². The Kier molecular flexibility index (Phi) is 3.12. The Labute approximate surface area is 79.8 Å². The maximum Gasteiger partial charge on any atom is 0.338 e. The van der Waals surface area contributed by atoms with Crippen molar-refractivity contribution in [3.63, 3.8) is 0 Å². The molecule has 0 spiro atoms. The number of carbonyl (C=O) groups is 1. The molecule has 1 heterocycles. The first-order valence-electron chi connectivity index (χ1n) is 3.66. The minimum absolute atomic E-state index is 0.227. The van der Waals surface area contributed by atoms with Crippen molar-refractivity contribution in [2.75, 3.05) is 0 Å². The summed E-state index contributed by atoms with van der Waals surface area (Å²) in [6, 6.07) is 1.65. The van der Waals surface area contributed by atoms with Gasteiger partial charge in [0.2, 0.25) is 0 Å². The molecule has 0 aliphatic carbocycles. The molecule has 0 fully saturated rings. The summed E-state index contributed by atoms with van der Waals surface area (Å²) >= 11 is 7.07. The molecule has 1 aromatic heterocycles. The van der Waals surface area contributed by atoms with E-state index in [1.807, 2.05) is 6.92 Å². The van der Waals surface area contributed by atoms with Gasteiger partial charge in [0, 0.05) is 4.88 Å². The van der Waals surface area contributed by atoms with Crippen molar-refractivity contribution >= 4 is 28.9 Å². The third kappa shape index (κ3) is 1.99. The van der Waals surface area contributed by atoms with E-state index in [9.17, 15) is 4.79 Å². The lowest BCUT2D eigenvalue weighted by Crippen LogP contribution is -1.93. The number of aryl methyl sites for hydroxylation is 1. The van der Waals surface area contributed by atoms with Crippen LogP contribution < -0.4 is 0 Å². The Morgan fingerprint density at radius 1 is 1.75 bits per heavy atom. The van der Waals surface area contributed by atoms with Crippen LogP contribution >= 0.6 is 22.9 Å². The van der Waals surface area contributed by atoms with Gasteiger partial charge in [-0.2, -0.15) is 0 Å². The second-order valence-corrected chi connectivity index (χ2v) is 4.19. The van der Waals surface area contributed by atoms with Crippen LogP contribution in [0.4, 0.5) is 0 Å². The van der Waals surface area contributed by atoms with Gasteiger partial charge in [-0.15, -0.1) is 11.3 Å². The zero-order valence-corrected chi connectivity index (χ0v) is 8.21. The Morgan fingerprint density at radius 3 is 2.83 bits per heavy atom. The third-order valence-electron chi connectivity index (χ3n) is 1.46. The molecule has 0 saturated carbocycles. The number of hydrogen-bond acceptors (Lipinski definition) is 2. The standard InChI is InChI=1S/C8H9ClO2S/c1-2-3-5-4-6(8(10)11)7(9)12-5/h4H,2-3H2,1H3,(H,10,11). The van der Waals surface area contributed by atoms with Gasteiger partial charge in [0.15, 0.2) is 0 Å². The zero-order valence-electron chi connectivity index (χ0n) is 6.63. The maximum absolute atomic E-state index is 10.6. The quantitative estimate of drug-likeness (QED) is 0.822. The fraction of sp³-hybridized carbons (Fsp3) is 0.375. The van der Waals surface area contributed by atoms with Gasteiger partial charge in [0.05, 0.1) is 5.56 Å². The monoisotopic (exact) mass is 204 g/mol. The summed E-state index contributed by atoms with van der Waals surface area (Å²) in [7, 11) is 0. The molecule has 0 bridgehead atoms. The molecule has 0 amide bonds. The molecule has 0 atom stereocenters. The van der Waals surface area contributed by atoms with E-state index in [-0.39, 0.29) is 5.56 Å². The number of carboxylic acid groups (broad SMARTS) is 1. The van der Waals surface area contributed by atoms with Crippen LogP contribution in [0, 0.1) is 0 Å². The van der Waals surface area contributed by atoms with Gasteiger partial charge < -0.3 is 5.11 Å². The highest BCUT2D eigenvalue weighted by molar-refractivity contribution is 7.16. The SMILES string of the molecule is CCCc1cc(C(=O)O)c(Cl)s1. The normalized spacial score (nSPS) is 10.2. The second-order valence-electron chi connectivity index (χ2n) is 2.46. The minimum Gasteiger partial charge on any atom is -0.478 e. The topological polar surface area (TPSA) is 37.3 Å².